The van der Waals surface area contributed by atoms with Gasteiger partial charge in [-0.1, -0.05) is 25.3 Å². The molecule has 0 bridgehead atoms. The highest BCUT2D eigenvalue weighted by Crippen LogP contribution is 2.24. The number of carbonyl (C=O) groups excluding carboxylic acids is 5. The molecule has 2 aliphatic rings. The molecular formula is C19H24N2O9. The number of unbranched alkanes of at least 4 members (excludes halogenated alkanes) is 1. The molecule has 2 rings (SSSR count). The van der Waals surface area contributed by atoms with E-state index in [1.54, 1.807) is 13.8 Å². The summed E-state index contributed by atoms with van der Waals surface area (Å²) in [7, 11) is 0. The summed E-state index contributed by atoms with van der Waals surface area (Å²) in [6, 6.07) is 0. The Labute approximate surface area is 172 Å². The van der Waals surface area contributed by atoms with Crippen LogP contribution in [0.2, 0.25) is 0 Å². The van der Waals surface area contributed by atoms with Gasteiger partial charge in [0.15, 0.2) is 0 Å². The number of carbonyl (C=O) groups is 6. The predicted octanol–water partition coefficient (Wildman–Crippen LogP) is 1.02. The number of ether oxygens (including phenoxy) is 1. The van der Waals surface area contributed by atoms with E-state index in [1.807, 2.05) is 0 Å². The first-order valence-electron chi connectivity index (χ1n) is 9.62. The Bertz CT molecular complexity index is 740. The van der Waals surface area contributed by atoms with Crippen LogP contribution >= 0.6 is 0 Å². The van der Waals surface area contributed by atoms with E-state index in [4.69, 9.17) is 4.74 Å². The molecule has 2 heterocycles. The monoisotopic (exact) mass is 424 g/mol. The zero-order valence-corrected chi connectivity index (χ0v) is 16.7. The Morgan fingerprint density at radius 3 is 2.10 bits per heavy atom. The summed E-state index contributed by atoms with van der Waals surface area (Å²) in [6.07, 6.45) is 0.662. The molecule has 2 atom stereocenters. The van der Waals surface area contributed by atoms with Gasteiger partial charge in [-0.25, -0.2) is 4.79 Å². The second-order valence-corrected chi connectivity index (χ2v) is 7.35. The van der Waals surface area contributed by atoms with Crippen molar-refractivity contribution >= 4 is 35.8 Å². The summed E-state index contributed by atoms with van der Waals surface area (Å²) in [4.78, 5) is 75.6. The number of amides is 4. The quantitative estimate of drug-likeness (QED) is 0.308. The Balaban J connectivity index is 1.91. The van der Waals surface area contributed by atoms with E-state index in [0.29, 0.717) is 17.9 Å². The molecule has 0 aromatic carbocycles. The summed E-state index contributed by atoms with van der Waals surface area (Å²) >= 11 is 0. The van der Waals surface area contributed by atoms with Gasteiger partial charge in [0.2, 0.25) is 0 Å². The van der Waals surface area contributed by atoms with Crippen LogP contribution in [0.25, 0.3) is 0 Å². The molecule has 4 amide bonds. The lowest BCUT2D eigenvalue weighted by atomic mass is 9.89. The van der Waals surface area contributed by atoms with Gasteiger partial charge in [-0.15, -0.1) is 0 Å². The highest BCUT2D eigenvalue weighted by molar-refractivity contribution is 6.12. The minimum atomic E-state index is -1.33. The summed E-state index contributed by atoms with van der Waals surface area (Å²) in [5.41, 5.74) is 0. The first kappa shape index (κ1) is 23.0. The van der Waals surface area contributed by atoms with E-state index in [-0.39, 0.29) is 25.8 Å². The fourth-order valence-corrected chi connectivity index (χ4v) is 3.26. The molecule has 0 spiro atoms. The van der Waals surface area contributed by atoms with Crippen molar-refractivity contribution < 1.29 is 43.4 Å². The highest BCUT2D eigenvalue weighted by atomic mass is 16.8. The fraction of sp³-hybridized carbons (Fsp3) is 0.579. The lowest BCUT2D eigenvalue weighted by Crippen LogP contribution is -2.39. The van der Waals surface area contributed by atoms with Crippen molar-refractivity contribution in [1.29, 1.82) is 0 Å². The fourth-order valence-electron chi connectivity index (χ4n) is 3.26. The summed E-state index contributed by atoms with van der Waals surface area (Å²) in [5.74, 6) is -4.83. The van der Waals surface area contributed by atoms with E-state index in [2.05, 4.69) is 4.84 Å². The third-order valence-corrected chi connectivity index (χ3v) is 4.82. The minimum absolute atomic E-state index is 0.0744. The topological polar surface area (TPSA) is 148 Å². The predicted molar refractivity (Wildman–Crippen MR) is 98.1 cm³/mol. The molecule has 0 aromatic heterocycles. The number of hydrogen-bond donors (Lipinski definition) is 1. The molecule has 0 aliphatic carbocycles. The molecule has 0 saturated carbocycles. The Morgan fingerprint density at radius 2 is 1.60 bits per heavy atom. The van der Waals surface area contributed by atoms with Crippen molar-refractivity contribution in [3.05, 3.63) is 12.2 Å². The van der Waals surface area contributed by atoms with Crippen molar-refractivity contribution in [2.24, 2.45) is 11.8 Å². The number of carboxylic acids is 1. The molecule has 0 aromatic rings. The minimum Gasteiger partial charge on any atom is -0.481 e. The maximum absolute atomic E-state index is 12.0. The van der Waals surface area contributed by atoms with E-state index < -0.39 is 53.7 Å². The largest absolute Gasteiger partial charge is 0.534 e. The van der Waals surface area contributed by atoms with Crippen molar-refractivity contribution in [2.75, 3.05) is 6.54 Å². The SMILES string of the molecule is CC(C)C(OC(=O)ON1C(=O)CCC1=O)C(CCCCN1C(=O)C=CC1=O)C(=O)O. The number of rotatable bonds is 10. The highest BCUT2D eigenvalue weighted by Gasteiger charge is 2.37. The van der Waals surface area contributed by atoms with Gasteiger partial charge in [0.05, 0.1) is 5.92 Å². The molecule has 30 heavy (non-hydrogen) atoms. The first-order chi connectivity index (χ1) is 14.1. The van der Waals surface area contributed by atoms with E-state index in [1.165, 1.54) is 12.2 Å². The van der Waals surface area contributed by atoms with Crippen LogP contribution in [0.3, 0.4) is 0 Å². The zero-order chi connectivity index (χ0) is 22.4. The number of aliphatic carboxylic acids is 1. The molecule has 0 radical (unpaired) electrons. The zero-order valence-electron chi connectivity index (χ0n) is 16.7. The summed E-state index contributed by atoms with van der Waals surface area (Å²) in [5, 5.41) is 9.92. The van der Waals surface area contributed by atoms with E-state index >= 15 is 0 Å². The summed E-state index contributed by atoms with van der Waals surface area (Å²) in [6.45, 7) is 3.48. The van der Waals surface area contributed by atoms with Crippen molar-refractivity contribution in [1.82, 2.24) is 9.96 Å². The van der Waals surface area contributed by atoms with Crippen molar-refractivity contribution in [3.8, 4) is 0 Å². The smallest absolute Gasteiger partial charge is 0.481 e. The van der Waals surface area contributed by atoms with Gasteiger partial charge >= 0.3 is 12.1 Å². The second kappa shape index (κ2) is 9.99. The van der Waals surface area contributed by atoms with E-state index in [0.717, 1.165) is 4.90 Å². The number of hydroxylamine groups is 2. The van der Waals surface area contributed by atoms with Crippen LogP contribution in [-0.2, 0) is 33.5 Å². The van der Waals surface area contributed by atoms with Gasteiger partial charge in [0.25, 0.3) is 23.6 Å². The molecule has 1 saturated heterocycles. The Hall–Kier alpha value is -3.24. The van der Waals surface area contributed by atoms with Gasteiger partial charge in [-0.2, -0.15) is 0 Å². The molecule has 11 nitrogen and oxygen atoms in total. The van der Waals surface area contributed by atoms with Gasteiger partial charge in [-0.3, -0.25) is 33.7 Å². The number of carboxylic acid groups (broad SMARTS) is 1. The maximum Gasteiger partial charge on any atom is 0.534 e. The standard InChI is InChI=1S/C19H24N2O9/c1-11(2)17(29-19(28)30-21-15(24)8-9-16(21)25)12(18(26)27)5-3-4-10-20-13(22)6-7-14(20)23/h6-7,11-12,17H,3-5,8-10H2,1-2H3,(H,26,27). The lowest BCUT2D eigenvalue weighted by Gasteiger charge is -2.27. The van der Waals surface area contributed by atoms with Crippen LogP contribution in [0.1, 0.15) is 46.0 Å². The van der Waals surface area contributed by atoms with E-state index in [9.17, 15) is 33.9 Å². The molecule has 164 valence electrons. The lowest BCUT2D eigenvalue weighted by molar-refractivity contribution is -0.181. The van der Waals surface area contributed by atoms with Crippen LogP contribution < -0.4 is 0 Å². The third-order valence-electron chi connectivity index (χ3n) is 4.82. The molecule has 11 heteroatoms. The van der Waals surface area contributed by atoms with Crippen LogP contribution in [0, 0.1) is 11.8 Å². The van der Waals surface area contributed by atoms with Crippen molar-refractivity contribution in [3.63, 3.8) is 0 Å². The first-order valence-corrected chi connectivity index (χ1v) is 9.62. The molecular weight excluding hydrogens is 400 g/mol. The summed E-state index contributed by atoms with van der Waals surface area (Å²) < 4.78 is 5.14. The van der Waals surface area contributed by atoms with Crippen LogP contribution in [0.4, 0.5) is 4.79 Å². The Kier molecular flexibility index (Phi) is 7.67. The number of nitrogens with zero attached hydrogens (tertiary/aromatic N) is 2. The van der Waals surface area contributed by atoms with Gasteiger partial charge in [-0.05, 0) is 18.8 Å². The number of imide groups is 2. The van der Waals surface area contributed by atoms with Crippen molar-refractivity contribution in [2.45, 2.75) is 52.1 Å². The molecule has 1 fully saturated rings. The maximum atomic E-state index is 12.0. The molecule has 2 unspecified atom stereocenters. The average molecular weight is 424 g/mol. The van der Waals surface area contributed by atoms with Crippen LogP contribution in [-0.4, -0.2) is 63.5 Å². The number of hydrogen-bond acceptors (Lipinski definition) is 8. The van der Waals surface area contributed by atoms with Gasteiger partial charge < -0.3 is 9.84 Å². The van der Waals surface area contributed by atoms with Crippen LogP contribution in [0.15, 0.2) is 12.2 Å². The second-order valence-electron chi connectivity index (χ2n) is 7.35. The Morgan fingerprint density at radius 1 is 1.03 bits per heavy atom. The average Bonchev–Trinajstić information content (AvgIpc) is 3.16. The van der Waals surface area contributed by atoms with Gasteiger partial charge in [0, 0.05) is 31.5 Å². The molecule has 2 aliphatic heterocycles. The normalized spacial score (nSPS) is 18.4. The molecule has 1 N–H and O–H groups in total. The van der Waals surface area contributed by atoms with Crippen LogP contribution in [0.5, 0.6) is 0 Å². The van der Waals surface area contributed by atoms with Gasteiger partial charge in [0.1, 0.15) is 6.10 Å². The third kappa shape index (κ3) is 5.65.